The van der Waals surface area contributed by atoms with Crippen LogP contribution in [0, 0.1) is 12.3 Å². The van der Waals surface area contributed by atoms with Crippen molar-refractivity contribution in [3.63, 3.8) is 0 Å². The van der Waals surface area contributed by atoms with Crippen LogP contribution in [0.5, 0.6) is 0 Å². The van der Waals surface area contributed by atoms with Gasteiger partial charge in [-0.1, -0.05) is 48.5 Å². The van der Waals surface area contributed by atoms with E-state index in [9.17, 15) is 23.1 Å². The van der Waals surface area contributed by atoms with Crippen LogP contribution in [0.15, 0.2) is 72.9 Å². The van der Waals surface area contributed by atoms with Crippen LogP contribution in [0.3, 0.4) is 0 Å². The minimum Gasteiger partial charge on any atom is -0.481 e. The highest BCUT2D eigenvalue weighted by molar-refractivity contribution is 5.98. The number of carbonyl (C=O) groups is 1. The molecule has 0 aliphatic heterocycles. The summed E-state index contributed by atoms with van der Waals surface area (Å²) in [4.78, 5) is 15.5. The SMILES string of the molecule is Cc1cnc2c(C(F)(F)F)cccc2c1-c1cccc(NCc2ccc(CC(C)(C)C(=O)O)cc2)c1. The number of alkyl halides is 3. The molecule has 0 saturated heterocycles. The molecule has 0 atom stereocenters. The van der Waals surface area contributed by atoms with Gasteiger partial charge in [-0.2, -0.15) is 13.2 Å². The first-order valence-electron chi connectivity index (χ1n) is 11.6. The smallest absolute Gasteiger partial charge is 0.418 e. The first-order chi connectivity index (χ1) is 17.0. The van der Waals surface area contributed by atoms with Crippen molar-refractivity contribution in [3.8, 4) is 11.1 Å². The van der Waals surface area contributed by atoms with E-state index in [1.54, 1.807) is 19.9 Å². The highest BCUT2D eigenvalue weighted by atomic mass is 19.4. The minimum atomic E-state index is -4.48. The van der Waals surface area contributed by atoms with Gasteiger partial charge in [0.05, 0.1) is 16.5 Å². The van der Waals surface area contributed by atoms with Crippen LogP contribution in [0.1, 0.15) is 36.1 Å². The maximum absolute atomic E-state index is 13.5. The van der Waals surface area contributed by atoms with Crippen LogP contribution in [-0.4, -0.2) is 16.1 Å². The Bertz CT molecular complexity index is 1410. The molecule has 0 unspecified atom stereocenters. The van der Waals surface area contributed by atoms with Crippen molar-refractivity contribution in [1.29, 1.82) is 0 Å². The molecule has 0 radical (unpaired) electrons. The molecule has 4 aromatic rings. The third-order valence-corrected chi connectivity index (χ3v) is 6.29. The number of nitrogens with one attached hydrogen (secondary N) is 1. The number of fused-ring (bicyclic) bond motifs is 1. The number of aromatic nitrogens is 1. The number of aliphatic carboxylic acids is 1. The second kappa shape index (κ2) is 9.64. The fourth-order valence-corrected chi connectivity index (χ4v) is 4.28. The van der Waals surface area contributed by atoms with Crippen LogP contribution in [0.4, 0.5) is 18.9 Å². The lowest BCUT2D eigenvalue weighted by molar-refractivity contribution is -0.146. The summed E-state index contributed by atoms with van der Waals surface area (Å²) in [6, 6.07) is 19.5. The van der Waals surface area contributed by atoms with Gasteiger partial charge in [0, 0.05) is 23.8 Å². The van der Waals surface area contributed by atoms with E-state index in [2.05, 4.69) is 10.3 Å². The molecule has 0 bridgehead atoms. The molecule has 1 aromatic heterocycles. The standard InChI is InChI=1S/C29H27F3N2O2/c1-18-16-34-26-23(8-5-9-24(26)29(30,31)32)25(18)21-6-4-7-22(14-21)33-17-20-12-10-19(11-13-20)15-28(2,3)27(35)36/h4-14,16,33H,15,17H2,1-3H3,(H,35,36). The fourth-order valence-electron chi connectivity index (χ4n) is 4.28. The molecule has 0 spiro atoms. The molecular weight excluding hydrogens is 465 g/mol. The van der Waals surface area contributed by atoms with E-state index in [0.717, 1.165) is 39.6 Å². The van der Waals surface area contributed by atoms with Gasteiger partial charge in [0.1, 0.15) is 0 Å². The second-order valence-electron chi connectivity index (χ2n) is 9.63. The predicted octanol–water partition coefficient (Wildman–Crippen LogP) is 7.49. The van der Waals surface area contributed by atoms with Crippen molar-refractivity contribution in [2.24, 2.45) is 5.41 Å². The van der Waals surface area contributed by atoms with Gasteiger partial charge in [-0.05, 0) is 73.2 Å². The average Bonchev–Trinajstić information content (AvgIpc) is 2.82. The normalized spacial score (nSPS) is 12.1. The molecule has 0 aliphatic carbocycles. The van der Waals surface area contributed by atoms with E-state index >= 15 is 0 Å². The third-order valence-electron chi connectivity index (χ3n) is 6.29. The number of hydrogen-bond acceptors (Lipinski definition) is 3. The zero-order valence-corrected chi connectivity index (χ0v) is 20.3. The Hall–Kier alpha value is -3.87. The lowest BCUT2D eigenvalue weighted by Gasteiger charge is -2.19. The van der Waals surface area contributed by atoms with E-state index in [-0.39, 0.29) is 5.52 Å². The van der Waals surface area contributed by atoms with Crippen LogP contribution in [0.2, 0.25) is 0 Å². The number of carboxylic acid groups (broad SMARTS) is 1. The number of hydrogen-bond donors (Lipinski definition) is 2. The van der Waals surface area contributed by atoms with E-state index < -0.39 is 23.1 Å². The predicted molar refractivity (Wildman–Crippen MR) is 136 cm³/mol. The van der Waals surface area contributed by atoms with Crippen molar-refractivity contribution in [2.75, 3.05) is 5.32 Å². The molecule has 36 heavy (non-hydrogen) atoms. The summed E-state index contributed by atoms with van der Waals surface area (Å²) in [7, 11) is 0. The highest BCUT2D eigenvalue weighted by Gasteiger charge is 2.33. The van der Waals surface area contributed by atoms with Gasteiger partial charge >= 0.3 is 12.1 Å². The van der Waals surface area contributed by atoms with Crippen LogP contribution < -0.4 is 5.32 Å². The molecule has 3 aromatic carbocycles. The van der Waals surface area contributed by atoms with Gasteiger partial charge in [0.25, 0.3) is 0 Å². The molecule has 0 saturated carbocycles. The Morgan fingerprint density at radius 2 is 1.64 bits per heavy atom. The molecule has 186 valence electrons. The number of nitrogens with zero attached hydrogens (tertiary/aromatic N) is 1. The number of rotatable bonds is 7. The average molecular weight is 493 g/mol. The Morgan fingerprint density at radius 3 is 2.31 bits per heavy atom. The minimum absolute atomic E-state index is 0.0601. The number of halogens is 3. The van der Waals surface area contributed by atoms with E-state index in [1.807, 2.05) is 55.5 Å². The topological polar surface area (TPSA) is 62.2 Å². The Morgan fingerprint density at radius 1 is 0.972 bits per heavy atom. The maximum atomic E-state index is 13.5. The van der Waals surface area contributed by atoms with Crippen molar-refractivity contribution in [2.45, 2.75) is 39.9 Å². The molecule has 4 nitrogen and oxygen atoms in total. The number of para-hydroxylation sites is 1. The lowest BCUT2D eigenvalue weighted by Crippen LogP contribution is -2.26. The summed E-state index contributed by atoms with van der Waals surface area (Å²) >= 11 is 0. The molecular formula is C29H27F3N2O2. The monoisotopic (exact) mass is 492 g/mol. The van der Waals surface area contributed by atoms with Gasteiger partial charge in [-0.25, -0.2) is 0 Å². The van der Waals surface area contributed by atoms with Crippen LogP contribution in [-0.2, 0) is 23.9 Å². The third kappa shape index (κ3) is 5.35. The summed E-state index contributed by atoms with van der Waals surface area (Å²) in [5.41, 5.74) is 3.48. The van der Waals surface area contributed by atoms with Crippen LogP contribution in [0.25, 0.3) is 22.0 Å². The molecule has 7 heteroatoms. The summed E-state index contributed by atoms with van der Waals surface area (Å²) in [6.45, 7) is 5.79. The summed E-state index contributed by atoms with van der Waals surface area (Å²) in [5, 5.41) is 13.2. The highest BCUT2D eigenvalue weighted by Crippen LogP contribution is 2.38. The second-order valence-corrected chi connectivity index (χ2v) is 9.63. The van der Waals surface area contributed by atoms with Gasteiger partial charge < -0.3 is 10.4 Å². The number of aryl methyl sites for hydroxylation is 1. The van der Waals surface area contributed by atoms with Gasteiger partial charge in [-0.3, -0.25) is 9.78 Å². The van der Waals surface area contributed by atoms with E-state index in [0.29, 0.717) is 18.4 Å². The zero-order chi connectivity index (χ0) is 26.1. The Balaban J connectivity index is 1.57. The number of anilines is 1. The summed E-state index contributed by atoms with van der Waals surface area (Å²) in [5.74, 6) is -0.833. The largest absolute Gasteiger partial charge is 0.481 e. The van der Waals surface area contributed by atoms with Crippen molar-refractivity contribution in [1.82, 2.24) is 4.98 Å². The zero-order valence-electron chi connectivity index (χ0n) is 20.3. The Kier molecular flexibility index (Phi) is 6.76. The van der Waals surface area contributed by atoms with Crippen molar-refractivity contribution < 1.29 is 23.1 Å². The molecule has 1 heterocycles. The molecule has 0 fully saturated rings. The number of benzene rings is 3. The lowest BCUT2D eigenvalue weighted by atomic mass is 9.86. The van der Waals surface area contributed by atoms with Crippen molar-refractivity contribution >= 4 is 22.6 Å². The van der Waals surface area contributed by atoms with Crippen molar-refractivity contribution in [3.05, 3.63) is 95.2 Å². The van der Waals surface area contributed by atoms with Gasteiger partial charge in [-0.15, -0.1) is 0 Å². The van der Waals surface area contributed by atoms with Gasteiger partial charge in [0.15, 0.2) is 0 Å². The fraction of sp³-hybridized carbons (Fsp3) is 0.241. The molecule has 0 aliphatic rings. The number of carboxylic acids is 1. The molecule has 2 N–H and O–H groups in total. The van der Waals surface area contributed by atoms with Gasteiger partial charge in [0.2, 0.25) is 0 Å². The van der Waals surface area contributed by atoms with E-state index in [4.69, 9.17) is 0 Å². The maximum Gasteiger partial charge on any atom is 0.418 e. The summed E-state index contributed by atoms with van der Waals surface area (Å²) < 4.78 is 40.6. The Labute approximate surface area is 207 Å². The number of pyridine rings is 1. The van der Waals surface area contributed by atoms with Crippen LogP contribution >= 0.6 is 0 Å². The molecule has 0 amide bonds. The quantitative estimate of drug-likeness (QED) is 0.281. The molecule has 4 rings (SSSR count). The summed E-state index contributed by atoms with van der Waals surface area (Å²) in [6.07, 6.45) is -2.56. The first kappa shape index (κ1) is 25.2. The van der Waals surface area contributed by atoms with E-state index in [1.165, 1.54) is 12.3 Å². The first-order valence-corrected chi connectivity index (χ1v) is 11.6.